The Bertz CT molecular complexity index is 633. The minimum atomic E-state index is -0.262. The van der Waals surface area contributed by atoms with Crippen LogP contribution in [0.5, 0.6) is 0 Å². The van der Waals surface area contributed by atoms with Crippen LogP contribution in [0.15, 0.2) is 18.2 Å². The highest BCUT2D eigenvalue weighted by Crippen LogP contribution is 2.26. The number of benzene rings is 1. The molecule has 2 rings (SSSR count). The molecule has 0 bridgehead atoms. The predicted octanol–water partition coefficient (Wildman–Crippen LogP) is 4.14. The van der Waals surface area contributed by atoms with Gasteiger partial charge in [-0.05, 0) is 37.6 Å². The molecule has 21 heavy (non-hydrogen) atoms. The van der Waals surface area contributed by atoms with Crippen molar-refractivity contribution in [1.82, 2.24) is 9.97 Å². The lowest BCUT2D eigenvalue weighted by Gasteiger charge is -2.15. The van der Waals surface area contributed by atoms with Crippen molar-refractivity contribution in [3.8, 4) is 0 Å². The third kappa shape index (κ3) is 3.48. The van der Waals surface area contributed by atoms with Gasteiger partial charge in [-0.2, -0.15) is 0 Å². The summed E-state index contributed by atoms with van der Waals surface area (Å²) in [6.45, 7) is 7.88. The van der Waals surface area contributed by atoms with Gasteiger partial charge in [0.05, 0.1) is 0 Å². The van der Waals surface area contributed by atoms with E-state index in [4.69, 9.17) is 0 Å². The molecule has 0 saturated carbocycles. The number of nitrogens with zero attached hydrogens (tertiary/aromatic N) is 2. The van der Waals surface area contributed by atoms with Gasteiger partial charge in [0.2, 0.25) is 0 Å². The van der Waals surface area contributed by atoms with Crippen LogP contribution in [0.25, 0.3) is 0 Å². The SMILES string of the molecule is CNc1nc(C(C)C)nc(Nc2cc(C)cc(F)c2)c1C. The Morgan fingerprint density at radius 1 is 1.05 bits per heavy atom. The highest BCUT2D eigenvalue weighted by atomic mass is 19.1. The number of rotatable bonds is 4. The third-order valence-corrected chi connectivity index (χ3v) is 3.22. The van der Waals surface area contributed by atoms with E-state index in [1.807, 2.05) is 40.8 Å². The molecule has 4 nitrogen and oxygen atoms in total. The zero-order valence-electron chi connectivity index (χ0n) is 13.1. The summed E-state index contributed by atoms with van der Waals surface area (Å²) in [4.78, 5) is 9.04. The molecule has 0 amide bonds. The van der Waals surface area contributed by atoms with Gasteiger partial charge in [-0.15, -0.1) is 0 Å². The number of aryl methyl sites for hydroxylation is 1. The lowest BCUT2D eigenvalue weighted by molar-refractivity contribution is 0.627. The third-order valence-electron chi connectivity index (χ3n) is 3.22. The quantitative estimate of drug-likeness (QED) is 0.887. The topological polar surface area (TPSA) is 49.8 Å². The first kappa shape index (κ1) is 15.2. The van der Waals surface area contributed by atoms with Crippen molar-refractivity contribution in [2.45, 2.75) is 33.6 Å². The molecule has 5 heteroatoms. The van der Waals surface area contributed by atoms with Gasteiger partial charge >= 0.3 is 0 Å². The first-order valence-corrected chi connectivity index (χ1v) is 7.01. The lowest BCUT2D eigenvalue weighted by atomic mass is 10.2. The van der Waals surface area contributed by atoms with Crippen molar-refractivity contribution in [1.29, 1.82) is 0 Å². The molecule has 0 radical (unpaired) electrons. The van der Waals surface area contributed by atoms with Crippen molar-refractivity contribution >= 4 is 17.3 Å². The van der Waals surface area contributed by atoms with Crippen molar-refractivity contribution < 1.29 is 4.39 Å². The second-order valence-electron chi connectivity index (χ2n) is 5.45. The Kier molecular flexibility index (Phi) is 4.40. The number of anilines is 3. The number of halogens is 1. The van der Waals surface area contributed by atoms with Crippen LogP contribution in [0.2, 0.25) is 0 Å². The fourth-order valence-electron chi connectivity index (χ4n) is 2.10. The molecule has 112 valence electrons. The van der Waals surface area contributed by atoms with E-state index in [9.17, 15) is 4.39 Å². The maximum absolute atomic E-state index is 13.5. The number of hydrogen-bond donors (Lipinski definition) is 2. The van der Waals surface area contributed by atoms with E-state index in [1.165, 1.54) is 12.1 Å². The number of hydrogen-bond acceptors (Lipinski definition) is 4. The van der Waals surface area contributed by atoms with Gasteiger partial charge in [-0.1, -0.05) is 13.8 Å². The van der Waals surface area contributed by atoms with Crippen LogP contribution in [0.4, 0.5) is 21.7 Å². The van der Waals surface area contributed by atoms with E-state index >= 15 is 0 Å². The van der Waals surface area contributed by atoms with Crippen LogP contribution in [-0.2, 0) is 0 Å². The molecule has 0 fully saturated rings. The summed E-state index contributed by atoms with van der Waals surface area (Å²) in [6.07, 6.45) is 0. The summed E-state index contributed by atoms with van der Waals surface area (Å²) in [7, 11) is 1.83. The lowest BCUT2D eigenvalue weighted by Crippen LogP contribution is -2.08. The summed E-state index contributed by atoms with van der Waals surface area (Å²) in [5.41, 5.74) is 2.46. The van der Waals surface area contributed by atoms with Crippen molar-refractivity contribution in [3.63, 3.8) is 0 Å². The van der Waals surface area contributed by atoms with Crippen LogP contribution in [0, 0.1) is 19.7 Å². The molecule has 1 aromatic carbocycles. The summed E-state index contributed by atoms with van der Waals surface area (Å²) in [6, 6.07) is 4.85. The molecule has 0 atom stereocenters. The van der Waals surface area contributed by atoms with Crippen LogP contribution in [0.3, 0.4) is 0 Å². The van der Waals surface area contributed by atoms with Gasteiger partial charge in [0.25, 0.3) is 0 Å². The number of nitrogens with one attached hydrogen (secondary N) is 2. The van der Waals surface area contributed by atoms with Gasteiger partial charge in [0, 0.05) is 24.2 Å². The highest BCUT2D eigenvalue weighted by molar-refractivity contribution is 5.65. The Morgan fingerprint density at radius 2 is 1.71 bits per heavy atom. The highest BCUT2D eigenvalue weighted by Gasteiger charge is 2.13. The van der Waals surface area contributed by atoms with E-state index < -0.39 is 0 Å². The largest absolute Gasteiger partial charge is 0.373 e. The van der Waals surface area contributed by atoms with Crippen molar-refractivity contribution in [3.05, 3.63) is 41.0 Å². The molecule has 0 saturated heterocycles. The molecule has 0 aliphatic heterocycles. The second kappa shape index (κ2) is 6.08. The van der Waals surface area contributed by atoms with Gasteiger partial charge < -0.3 is 10.6 Å². The van der Waals surface area contributed by atoms with E-state index in [1.54, 1.807) is 0 Å². The standard InChI is InChI=1S/C16H21FN4/c1-9(2)14-20-15(18-5)11(4)16(21-14)19-13-7-10(3)6-12(17)8-13/h6-9H,1-5H3,(H2,18,19,20,21). The van der Waals surface area contributed by atoms with Crippen LogP contribution in [0.1, 0.15) is 36.7 Å². The molecule has 0 aliphatic rings. The Hall–Kier alpha value is -2.17. The van der Waals surface area contributed by atoms with Gasteiger partial charge in [0.1, 0.15) is 23.3 Å². The minimum Gasteiger partial charge on any atom is -0.373 e. The molecule has 0 aliphatic carbocycles. The smallest absolute Gasteiger partial charge is 0.139 e. The summed E-state index contributed by atoms with van der Waals surface area (Å²) < 4.78 is 13.5. The zero-order valence-corrected chi connectivity index (χ0v) is 13.1. The molecule has 2 N–H and O–H groups in total. The molecular formula is C16H21FN4. The summed E-state index contributed by atoms with van der Waals surface area (Å²) >= 11 is 0. The summed E-state index contributed by atoms with van der Waals surface area (Å²) in [5.74, 6) is 2.18. The molecule has 1 heterocycles. The normalized spacial score (nSPS) is 10.8. The van der Waals surface area contributed by atoms with Crippen LogP contribution >= 0.6 is 0 Å². The molecular weight excluding hydrogens is 267 g/mol. The maximum atomic E-state index is 13.5. The Morgan fingerprint density at radius 3 is 2.29 bits per heavy atom. The summed E-state index contributed by atoms with van der Waals surface area (Å²) in [5, 5.41) is 6.27. The van der Waals surface area contributed by atoms with Crippen LogP contribution < -0.4 is 10.6 Å². The maximum Gasteiger partial charge on any atom is 0.139 e. The predicted molar refractivity (Wildman–Crippen MR) is 84.8 cm³/mol. The van der Waals surface area contributed by atoms with E-state index in [-0.39, 0.29) is 11.7 Å². The minimum absolute atomic E-state index is 0.215. The molecule has 0 spiro atoms. The van der Waals surface area contributed by atoms with Crippen LogP contribution in [-0.4, -0.2) is 17.0 Å². The fourth-order valence-corrected chi connectivity index (χ4v) is 2.10. The number of aromatic nitrogens is 2. The average Bonchev–Trinajstić information content (AvgIpc) is 2.39. The fraction of sp³-hybridized carbons (Fsp3) is 0.375. The Balaban J connectivity index is 2.45. The first-order chi connectivity index (χ1) is 9.90. The van der Waals surface area contributed by atoms with Gasteiger partial charge in [0.15, 0.2) is 0 Å². The van der Waals surface area contributed by atoms with Crippen molar-refractivity contribution in [2.24, 2.45) is 0 Å². The average molecular weight is 288 g/mol. The van der Waals surface area contributed by atoms with E-state index in [0.717, 1.165) is 22.8 Å². The Labute approximate surface area is 124 Å². The molecule has 1 aromatic heterocycles. The zero-order chi connectivity index (χ0) is 15.6. The molecule has 2 aromatic rings. The van der Waals surface area contributed by atoms with Crippen molar-refractivity contribution in [2.75, 3.05) is 17.7 Å². The van der Waals surface area contributed by atoms with Gasteiger partial charge in [-0.3, -0.25) is 0 Å². The van der Waals surface area contributed by atoms with Gasteiger partial charge in [-0.25, -0.2) is 14.4 Å². The monoisotopic (exact) mass is 288 g/mol. The molecule has 0 unspecified atom stereocenters. The second-order valence-corrected chi connectivity index (χ2v) is 5.45. The van der Waals surface area contributed by atoms with E-state index in [0.29, 0.717) is 11.5 Å². The van der Waals surface area contributed by atoms with E-state index in [2.05, 4.69) is 20.6 Å². The first-order valence-electron chi connectivity index (χ1n) is 7.01.